The summed E-state index contributed by atoms with van der Waals surface area (Å²) in [6.45, 7) is 0. The third-order valence-electron chi connectivity index (χ3n) is 13.7. The molecular weight excluding hydrogens is 803 g/mol. The summed E-state index contributed by atoms with van der Waals surface area (Å²) in [5.41, 5.74) is 15.4. The smallest absolute Gasteiger partial charge is 0.0714 e. The monoisotopic (exact) mass is 843 g/mol. The maximum absolute atomic E-state index is 2.53. The van der Waals surface area contributed by atoms with E-state index in [1.165, 1.54) is 103 Å². The van der Waals surface area contributed by atoms with Gasteiger partial charge in [0.05, 0.1) is 16.8 Å². The van der Waals surface area contributed by atoms with Gasteiger partial charge in [-0.15, -0.1) is 11.3 Å². The molecule has 1 nitrogen and oxygen atoms in total. The van der Waals surface area contributed by atoms with Crippen molar-refractivity contribution in [2.45, 2.75) is 5.41 Å². The first-order chi connectivity index (χ1) is 32.2. The molecule has 12 aromatic rings. The number of thiophene rings is 1. The summed E-state index contributed by atoms with van der Waals surface area (Å²) in [5, 5.41) is 7.54. The number of fused-ring (bicyclic) bond motifs is 8. The van der Waals surface area contributed by atoms with Gasteiger partial charge in [-0.05, 0) is 126 Å². The highest BCUT2D eigenvalue weighted by molar-refractivity contribution is 7.26. The van der Waals surface area contributed by atoms with Crippen LogP contribution in [0.2, 0.25) is 0 Å². The number of nitrogens with zero attached hydrogens (tertiary/aromatic N) is 1. The van der Waals surface area contributed by atoms with Gasteiger partial charge in [-0.1, -0.05) is 194 Å². The van der Waals surface area contributed by atoms with Gasteiger partial charge in [0.25, 0.3) is 0 Å². The predicted octanol–water partition coefficient (Wildman–Crippen LogP) is 17.5. The molecule has 0 unspecified atom stereocenters. The van der Waals surface area contributed by atoms with E-state index in [1.807, 2.05) is 11.3 Å². The molecule has 0 aliphatic heterocycles. The fraction of sp³-hybridized carbons (Fsp3) is 0.0159. The maximum atomic E-state index is 2.53. The molecule has 0 saturated carbocycles. The van der Waals surface area contributed by atoms with Crippen LogP contribution in [0.4, 0.5) is 17.1 Å². The lowest BCUT2D eigenvalue weighted by Crippen LogP contribution is -2.28. The first kappa shape index (κ1) is 37.5. The molecule has 2 heteroatoms. The summed E-state index contributed by atoms with van der Waals surface area (Å²) in [6.07, 6.45) is 0. The number of hydrogen-bond donors (Lipinski definition) is 0. The lowest BCUT2D eigenvalue weighted by atomic mass is 9.68. The third-order valence-corrected chi connectivity index (χ3v) is 14.8. The molecule has 0 amide bonds. The molecule has 1 aliphatic rings. The molecule has 0 saturated heterocycles. The van der Waals surface area contributed by atoms with E-state index in [-0.39, 0.29) is 0 Å². The number of rotatable bonds is 7. The second-order valence-corrected chi connectivity index (χ2v) is 18.3. The van der Waals surface area contributed by atoms with Crippen molar-refractivity contribution in [1.29, 1.82) is 0 Å². The standard InChI is InChI=1S/C63H41NS/c1-3-17-50(18-4-1)63(51-19-5-2-6-20-51)55-23-11-9-21-53(55)61-56(63)24-13-25-57(61)64(58-26-14-28-60-62(58)54-22-10-12-27-59(54)65-60)52-37-35-43(36-38-52)45-31-32-48-41-49(34-33-47(48)40-45)46-30-29-42-15-7-8-16-44(42)39-46/h1-41H. The van der Waals surface area contributed by atoms with E-state index in [9.17, 15) is 0 Å². The van der Waals surface area contributed by atoms with E-state index in [0.29, 0.717) is 0 Å². The number of hydrogen-bond acceptors (Lipinski definition) is 2. The molecule has 0 radical (unpaired) electrons. The highest BCUT2D eigenvalue weighted by atomic mass is 32.1. The van der Waals surface area contributed by atoms with E-state index < -0.39 is 5.41 Å². The van der Waals surface area contributed by atoms with Gasteiger partial charge in [-0.25, -0.2) is 0 Å². The number of benzene rings is 11. The zero-order valence-electron chi connectivity index (χ0n) is 35.5. The first-order valence-corrected chi connectivity index (χ1v) is 23.2. The van der Waals surface area contributed by atoms with E-state index in [0.717, 1.165) is 11.4 Å². The van der Waals surface area contributed by atoms with Crippen LogP contribution in [0.25, 0.3) is 75.1 Å². The van der Waals surface area contributed by atoms with Crippen LogP contribution in [0.1, 0.15) is 22.3 Å². The van der Waals surface area contributed by atoms with Gasteiger partial charge in [0, 0.05) is 31.4 Å². The van der Waals surface area contributed by atoms with Crippen LogP contribution in [0.3, 0.4) is 0 Å². The highest BCUT2D eigenvalue weighted by Gasteiger charge is 2.47. The minimum atomic E-state index is -0.507. The second kappa shape index (κ2) is 15.1. The summed E-state index contributed by atoms with van der Waals surface area (Å²) in [5.74, 6) is 0. The van der Waals surface area contributed by atoms with E-state index in [4.69, 9.17) is 0 Å². The fourth-order valence-corrected chi connectivity index (χ4v) is 11.9. The van der Waals surface area contributed by atoms with Gasteiger partial charge in [-0.2, -0.15) is 0 Å². The van der Waals surface area contributed by atoms with Crippen LogP contribution in [0.15, 0.2) is 249 Å². The Morgan fingerprint density at radius 1 is 0.338 bits per heavy atom. The van der Waals surface area contributed by atoms with Gasteiger partial charge in [0.15, 0.2) is 0 Å². The molecule has 1 heterocycles. The topological polar surface area (TPSA) is 3.24 Å². The Morgan fingerprint density at radius 2 is 0.846 bits per heavy atom. The Hall–Kier alpha value is -8.04. The Bertz CT molecular complexity index is 3730. The lowest BCUT2D eigenvalue weighted by Gasteiger charge is -2.34. The molecule has 1 aliphatic carbocycles. The molecule has 65 heavy (non-hydrogen) atoms. The van der Waals surface area contributed by atoms with Gasteiger partial charge in [0.2, 0.25) is 0 Å². The van der Waals surface area contributed by atoms with Crippen molar-refractivity contribution in [1.82, 2.24) is 0 Å². The normalized spacial score (nSPS) is 12.7. The van der Waals surface area contributed by atoms with Crippen LogP contribution >= 0.6 is 11.3 Å². The van der Waals surface area contributed by atoms with E-state index in [2.05, 4.69) is 254 Å². The lowest BCUT2D eigenvalue weighted by molar-refractivity contribution is 0.768. The van der Waals surface area contributed by atoms with Crippen molar-refractivity contribution in [2.24, 2.45) is 0 Å². The Kier molecular flexibility index (Phi) is 8.69. The van der Waals surface area contributed by atoms with Crippen molar-refractivity contribution in [2.75, 3.05) is 4.90 Å². The van der Waals surface area contributed by atoms with Gasteiger partial charge < -0.3 is 4.90 Å². The van der Waals surface area contributed by atoms with Crippen LogP contribution in [0, 0.1) is 0 Å². The molecule has 13 rings (SSSR count). The molecule has 0 spiro atoms. The average Bonchev–Trinajstić information content (AvgIpc) is 3.92. The van der Waals surface area contributed by atoms with Gasteiger partial charge >= 0.3 is 0 Å². The molecule has 0 atom stereocenters. The Morgan fingerprint density at radius 3 is 1.57 bits per heavy atom. The predicted molar refractivity (Wildman–Crippen MR) is 277 cm³/mol. The van der Waals surface area contributed by atoms with Crippen LogP contribution in [-0.4, -0.2) is 0 Å². The highest BCUT2D eigenvalue weighted by Crippen LogP contribution is 2.60. The third kappa shape index (κ3) is 5.92. The maximum Gasteiger partial charge on any atom is 0.0714 e. The summed E-state index contributed by atoms with van der Waals surface area (Å²) in [6, 6.07) is 92.2. The van der Waals surface area contributed by atoms with Crippen molar-refractivity contribution >= 4 is 70.1 Å². The van der Waals surface area contributed by atoms with Crippen LogP contribution in [-0.2, 0) is 5.41 Å². The summed E-state index contributed by atoms with van der Waals surface area (Å²) in [4.78, 5) is 2.53. The zero-order chi connectivity index (χ0) is 42.9. The average molecular weight is 844 g/mol. The van der Waals surface area contributed by atoms with Crippen molar-refractivity contribution < 1.29 is 0 Å². The van der Waals surface area contributed by atoms with Crippen molar-refractivity contribution in [3.8, 4) is 33.4 Å². The SMILES string of the molecule is c1ccc(C2(c3ccccc3)c3ccccc3-c3c(N(c4ccc(-c5ccc6cc(-c7ccc8ccccc8c7)ccc6c5)cc4)c4cccc5sc6ccccc6c45)cccc32)cc1. The zero-order valence-corrected chi connectivity index (χ0v) is 36.3. The molecule has 0 N–H and O–H groups in total. The largest absolute Gasteiger partial charge is 0.309 e. The molecule has 1 aromatic heterocycles. The van der Waals surface area contributed by atoms with Gasteiger partial charge in [-0.3, -0.25) is 0 Å². The van der Waals surface area contributed by atoms with Crippen molar-refractivity contribution in [3.63, 3.8) is 0 Å². The second-order valence-electron chi connectivity index (χ2n) is 17.2. The van der Waals surface area contributed by atoms with Crippen molar-refractivity contribution in [3.05, 3.63) is 271 Å². The molecule has 0 fully saturated rings. The minimum absolute atomic E-state index is 0.507. The Labute approximate surface area is 382 Å². The van der Waals surface area contributed by atoms with E-state index >= 15 is 0 Å². The summed E-state index contributed by atoms with van der Waals surface area (Å²) < 4.78 is 2.57. The molecular formula is C63H41NS. The molecule has 0 bridgehead atoms. The minimum Gasteiger partial charge on any atom is -0.309 e. The van der Waals surface area contributed by atoms with Gasteiger partial charge in [0.1, 0.15) is 0 Å². The van der Waals surface area contributed by atoms with Crippen LogP contribution in [0.5, 0.6) is 0 Å². The van der Waals surface area contributed by atoms with E-state index in [1.54, 1.807) is 0 Å². The summed E-state index contributed by atoms with van der Waals surface area (Å²) in [7, 11) is 0. The fourth-order valence-electron chi connectivity index (χ4n) is 10.8. The first-order valence-electron chi connectivity index (χ1n) is 22.4. The Balaban J connectivity index is 0.982. The molecule has 11 aromatic carbocycles. The summed E-state index contributed by atoms with van der Waals surface area (Å²) >= 11 is 1.87. The molecule has 304 valence electrons. The van der Waals surface area contributed by atoms with Crippen LogP contribution < -0.4 is 4.90 Å². The quantitative estimate of drug-likeness (QED) is 0.154. The number of anilines is 3.